The number of hydrogen-bond acceptors (Lipinski definition) is 4. The van der Waals surface area contributed by atoms with E-state index in [1.807, 2.05) is 26.0 Å². The second-order valence-corrected chi connectivity index (χ2v) is 8.80. The molecule has 0 saturated heterocycles. The Bertz CT molecular complexity index is 1390. The predicted octanol–water partition coefficient (Wildman–Crippen LogP) is 4.77. The maximum absolute atomic E-state index is 13.9. The molecule has 2 aromatic heterocycles. The quantitative estimate of drug-likeness (QED) is 0.454. The number of benzene rings is 2. The Morgan fingerprint density at radius 2 is 2.00 bits per heavy atom. The second-order valence-electron chi connectivity index (χ2n) is 7.15. The van der Waals surface area contributed by atoms with E-state index in [0.29, 0.717) is 30.9 Å². The highest BCUT2D eigenvalue weighted by Crippen LogP contribution is 2.33. The molecule has 0 unspecified atom stereocenters. The van der Waals surface area contributed by atoms with Crippen LogP contribution in [0.2, 0.25) is 0 Å². The zero-order valence-corrected chi connectivity index (χ0v) is 18.1. The van der Waals surface area contributed by atoms with Gasteiger partial charge in [-0.2, -0.15) is 0 Å². The number of aromatic nitrogens is 2. The van der Waals surface area contributed by atoms with Crippen LogP contribution in [0.3, 0.4) is 0 Å². The predicted molar refractivity (Wildman–Crippen MR) is 121 cm³/mol. The van der Waals surface area contributed by atoms with Gasteiger partial charge in [-0.15, -0.1) is 11.3 Å². The first-order valence-electron chi connectivity index (χ1n) is 9.63. The fraction of sp³-hybridized carbons (Fsp3) is 0.227. The first-order valence-corrected chi connectivity index (χ1v) is 10.9. The molecule has 8 heteroatoms. The summed E-state index contributed by atoms with van der Waals surface area (Å²) >= 11 is 6.90. The summed E-state index contributed by atoms with van der Waals surface area (Å²) in [6.07, 6.45) is 0.784. The van der Waals surface area contributed by atoms with Crippen LogP contribution in [0.4, 0.5) is 4.39 Å². The van der Waals surface area contributed by atoms with E-state index < -0.39 is 0 Å². The van der Waals surface area contributed by atoms with Gasteiger partial charge in [-0.1, -0.05) is 31.2 Å². The molecule has 0 saturated carbocycles. The van der Waals surface area contributed by atoms with Crippen LogP contribution in [0, 0.1) is 9.77 Å². The standard InChI is InChI=1S/C22H20FN3O2S2/c1-3-13(2)24-18(27)12-25-20-19(14-7-6-8-15(23)11-14)30-22(29)26(20)17-10-5-4-9-16(17)21(25)28/h4-11,13H,3,12H2,1-2H3,(H,24,27)/t13-/m1/s1. The van der Waals surface area contributed by atoms with Gasteiger partial charge in [-0.3, -0.25) is 18.6 Å². The third kappa shape index (κ3) is 3.57. The third-order valence-corrected chi connectivity index (χ3v) is 6.48. The maximum atomic E-state index is 13.9. The van der Waals surface area contributed by atoms with Crippen molar-refractivity contribution in [3.05, 3.63) is 68.7 Å². The van der Waals surface area contributed by atoms with E-state index in [0.717, 1.165) is 6.42 Å². The van der Waals surface area contributed by atoms with Gasteiger partial charge in [0, 0.05) is 6.04 Å². The maximum Gasteiger partial charge on any atom is 0.262 e. The highest BCUT2D eigenvalue weighted by molar-refractivity contribution is 7.73. The van der Waals surface area contributed by atoms with Gasteiger partial charge in [0.2, 0.25) is 5.91 Å². The van der Waals surface area contributed by atoms with Crippen LogP contribution in [0.5, 0.6) is 0 Å². The number of para-hydroxylation sites is 1. The Balaban J connectivity index is 2.05. The summed E-state index contributed by atoms with van der Waals surface area (Å²) in [5, 5.41) is 3.38. The number of rotatable bonds is 5. The summed E-state index contributed by atoms with van der Waals surface area (Å²) in [4.78, 5) is 26.7. The van der Waals surface area contributed by atoms with Crippen LogP contribution in [-0.4, -0.2) is 20.9 Å². The number of amides is 1. The number of nitrogens with zero attached hydrogens (tertiary/aromatic N) is 2. The zero-order valence-electron chi connectivity index (χ0n) is 16.5. The third-order valence-electron chi connectivity index (χ3n) is 5.07. The van der Waals surface area contributed by atoms with Crippen LogP contribution >= 0.6 is 23.6 Å². The Morgan fingerprint density at radius 1 is 1.23 bits per heavy atom. The molecule has 0 aliphatic rings. The van der Waals surface area contributed by atoms with Gasteiger partial charge in [-0.05, 0) is 55.4 Å². The molecule has 2 heterocycles. The minimum atomic E-state index is -0.380. The monoisotopic (exact) mass is 441 g/mol. The van der Waals surface area contributed by atoms with Crippen LogP contribution in [0.15, 0.2) is 53.3 Å². The van der Waals surface area contributed by atoms with Gasteiger partial charge in [0.1, 0.15) is 18.0 Å². The molecule has 5 nitrogen and oxygen atoms in total. The first kappa shape index (κ1) is 20.4. The van der Waals surface area contributed by atoms with E-state index in [1.54, 1.807) is 28.7 Å². The van der Waals surface area contributed by atoms with Crippen LogP contribution in [0.25, 0.3) is 27.0 Å². The fourth-order valence-electron chi connectivity index (χ4n) is 3.44. The average molecular weight is 442 g/mol. The Morgan fingerprint density at radius 3 is 2.73 bits per heavy atom. The second kappa shape index (κ2) is 8.12. The van der Waals surface area contributed by atoms with E-state index in [9.17, 15) is 14.0 Å². The summed E-state index contributed by atoms with van der Waals surface area (Å²) < 4.78 is 17.7. The Hall–Kier alpha value is -2.84. The van der Waals surface area contributed by atoms with Gasteiger partial charge < -0.3 is 5.32 Å². The number of fused-ring (bicyclic) bond motifs is 3. The van der Waals surface area contributed by atoms with Crippen molar-refractivity contribution in [3.8, 4) is 10.4 Å². The lowest BCUT2D eigenvalue weighted by Gasteiger charge is -2.15. The minimum Gasteiger partial charge on any atom is -0.352 e. The molecule has 154 valence electrons. The number of thiazole rings is 1. The van der Waals surface area contributed by atoms with Crippen molar-refractivity contribution in [1.29, 1.82) is 0 Å². The van der Waals surface area contributed by atoms with E-state index in [-0.39, 0.29) is 29.9 Å². The lowest BCUT2D eigenvalue weighted by molar-refractivity contribution is -0.122. The molecule has 0 aliphatic carbocycles. The molecule has 0 bridgehead atoms. The van der Waals surface area contributed by atoms with Crippen LogP contribution in [-0.2, 0) is 11.3 Å². The SMILES string of the molecule is CC[C@@H](C)NC(=O)Cn1c(=O)c2ccccc2n2c(=S)sc(-c3cccc(F)c3)c12. The molecule has 4 aromatic rings. The van der Waals surface area contributed by atoms with E-state index >= 15 is 0 Å². The molecule has 1 N–H and O–H groups in total. The summed E-state index contributed by atoms with van der Waals surface area (Å²) in [5.74, 6) is -0.639. The Kier molecular flexibility index (Phi) is 5.53. The van der Waals surface area contributed by atoms with Gasteiger partial charge in [0.15, 0.2) is 3.95 Å². The summed E-state index contributed by atoms with van der Waals surface area (Å²) in [6, 6.07) is 13.3. The average Bonchev–Trinajstić information content (AvgIpc) is 3.08. The smallest absolute Gasteiger partial charge is 0.262 e. The topological polar surface area (TPSA) is 55.5 Å². The zero-order chi connectivity index (χ0) is 21.4. The number of halogens is 1. The number of carbonyl (C=O) groups is 1. The van der Waals surface area contributed by atoms with Crippen molar-refractivity contribution < 1.29 is 9.18 Å². The van der Waals surface area contributed by atoms with Crippen molar-refractivity contribution in [2.45, 2.75) is 32.9 Å². The fourth-order valence-corrected chi connectivity index (χ4v) is 4.87. The van der Waals surface area contributed by atoms with Gasteiger partial charge in [-0.25, -0.2) is 4.39 Å². The summed E-state index contributed by atoms with van der Waals surface area (Å²) in [6.45, 7) is 3.74. The number of hydrogen-bond donors (Lipinski definition) is 1. The molecular formula is C22H20FN3O2S2. The summed E-state index contributed by atoms with van der Waals surface area (Å²) in [5.41, 5.74) is 1.49. The Labute approximate surface area is 181 Å². The molecule has 2 aromatic carbocycles. The lowest BCUT2D eigenvalue weighted by atomic mass is 10.2. The molecule has 0 aliphatic heterocycles. The largest absolute Gasteiger partial charge is 0.352 e. The molecule has 4 rings (SSSR count). The van der Waals surface area contributed by atoms with Crippen molar-refractivity contribution >= 4 is 46.0 Å². The van der Waals surface area contributed by atoms with Crippen molar-refractivity contribution in [2.75, 3.05) is 0 Å². The molecule has 0 fully saturated rings. The lowest BCUT2D eigenvalue weighted by Crippen LogP contribution is -2.37. The van der Waals surface area contributed by atoms with Gasteiger partial charge in [0.05, 0.1) is 15.8 Å². The first-order chi connectivity index (χ1) is 14.4. The normalized spacial score (nSPS) is 12.4. The van der Waals surface area contributed by atoms with E-state index in [4.69, 9.17) is 12.2 Å². The number of nitrogens with one attached hydrogen (secondary N) is 1. The van der Waals surface area contributed by atoms with Gasteiger partial charge >= 0.3 is 0 Å². The molecule has 0 radical (unpaired) electrons. The molecule has 1 atom stereocenters. The van der Waals surface area contributed by atoms with Crippen molar-refractivity contribution in [3.63, 3.8) is 0 Å². The van der Waals surface area contributed by atoms with E-state index in [2.05, 4.69) is 5.32 Å². The molecule has 30 heavy (non-hydrogen) atoms. The van der Waals surface area contributed by atoms with E-state index in [1.165, 1.54) is 28.0 Å². The number of carbonyl (C=O) groups excluding carboxylic acids is 1. The van der Waals surface area contributed by atoms with Crippen molar-refractivity contribution in [1.82, 2.24) is 14.3 Å². The van der Waals surface area contributed by atoms with Gasteiger partial charge in [0.25, 0.3) is 5.56 Å². The highest BCUT2D eigenvalue weighted by atomic mass is 32.1. The van der Waals surface area contributed by atoms with Crippen molar-refractivity contribution in [2.24, 2.45) is 0 Å². The van der Waals surface area contributed by atoms with Crippen LogP contribution in [0.1, 0.15) is 20.3 Å². The summed E-state index contributed by atoms with van der Waals surface area (Å²) in [7, 11) is 0. The molecular weight excluding hydrogens is 421 g/mol. The molecule has 0 spiro atoms. The van der Waals surface area contributed by atoms with Crippen LogP contribution < -0.4 is 10.9 Å². The highest BCUT2D eigenvalue weighted by Gasteiger charge is 2.20. The minimum absolute atomic E-state index is 0.00326. The molecule has 1 amide bonds.